The van der Waals surface area contributed by atoms with E-state index in [4.69, 9.17) is 5.73 Å². The minimum atomic E-state index is -1.94. The highest BCUT2D eigenvalue weighted by Crippen LogP contribution is 2.35. The lowest BCUT2D eigenvalue weighted by molar-refractivity contribution is 0.189. The Morgan fingerprint density at radius 2 is 2.14 bits per heavy atom. The summed E-state index contributed by atoms with van der Waals surface area (Å²) in [5.74, 6) is -1.05. The Morgan fingerprint density at radius 1 is 1.43 bits per heavy atom. The van der Waals surface area contributed by atoms with Crippen LogP contribution in [0.2, 0.25) is 0 Å². The van der Waals surface area contributed by atoms with Crippen molar-refractivity contribution >= 4 is 5.96 Å². The Kier molecular flexibility index (Phi) is 3.44. The molecule has 1 aromatic rings. The van der Waals surface area contributed by atoms with E-state index < -0.39 is 5.79 Å². The minimum Gasteiger partial charge on any atom is -0.370 e. The van der Waals surface area contributed by atoms with Crippen LogP contribution in [-0.4, -0.2) is 40.5 Å². The number of hydrogen-bond donors (Lipinski definition) is 2. The van der Waals surface area contributed by atoms with Crippen LogP contribution in [0.4, 0.5) is 4.39 Å². The summed E-state index contributed by atoms with van der Waals surface area (Å²) in [7, 11) is 2.11. The lowest BCUT2D eigenvalue weighted by atomic mass is 10.0. The summed E-state index contributed by atoms with van der Waals surface area (Å²) in [6.07, 6.45) is 6.41. The third-order valence-corrected chi connectivity index (χ3v) is 4.21. The van der Waals surface area contributed by atoms with Crippen LogP contribution in [0.1, 0.15) is 30.4 Å². The summed E-state index contributed by atoms with van der Waals surface area (Å²) >= 11 is 0. The lowest BCUT2D eigenvalue weighted by Crippen LogP contribution is -2.37. The molecule has 6 nitrogen and oxygen atoms in total. The van der Waals surface area contributed by atoms with Crippen LogP contribution in [0.3, 0.4) is 0 Å². The molecule has 1 fully saturated rings. The van der Waals surface area contributed by atoms with Crippen molar-refractivity contribution in [2.75, 3.05) is 20.1 Å². The van der Waals surface area contributed by atoms with Crippen LogP contribution >= 0.6 is 0 Å². The monoisotopic (exact) mass is 292 g/mol. The first-order valence-corrected chi connectivity index (χ1v) is 7.21. The second-order valence-electron chi connectivity index (χ2n) is 5.74. The van der Waals surface area contributed by atoms with E-state index in [-0.39, 0.29) is 12.0 Å². The maximum Gasteiger partial charge on any atom is 0.265 e. The molecule has 114 valence electrons. The fourth-order valence-electron chi connectivity index (χ4n) is 3.05. The van der Waals surface area contributed by atoms with E-state index in [1.165, 1.54) is 12.3 Å². The average Bonchev–Trinajstić information content (AvgIpc) is 2.82. The molecule has 3 rings (SSSR count). The van der Waals surface area contributed by atoms with Gasteiger partial charge in [0.05, 0.1) is 6.20 Å². The standard InChI is InChI=1S/C14H21FN6/c1-10-18-9-12(14(15)5-6-17-13(16)19-14)21(10)11-3-7-20(2)8-4-11/h5-6,9,11H,3-4,7-8H2,1-2H3,(H3,16,17,19). The number of piperidine rings is 1. The highest BCUT2D eigenvalue weighted by Gasteiger charge is 2.37. The Bertz CT molecular complexity index is 584. The number of nitrogens with one attached hydrogen (secondary N) is 1. The molecule has 0 amide bonds. The van der Waals surface area contributed by atoms with Gasteiger partial charge in [0.15, 0.2) is 5.96 Å². The lowest BCUT2D eigenvalue weighted by Gasteiger charge is -2.33. The number of hydrogen-bond acceptors (Lipinski definition) is 5. The van der Waals surface area contributed by atoms with E-state index in [2.05, 4.69) is 27.2 Å². The van der Waals surface area contributed by atoms with Crippen molar-refractivity contribution in [2.45, 2.75) is 31.6 Å². The molecule has 2 aliphatic rings. The summed E-state index contributed by atoms with van der Waals surface area (Å²) in [4.78, 5) is 10.5. The van der Waals surface area contributed by atoms with Crippen LogP contribution in [0.15, 0.2) is 23.5 Å². The van der Waals surface area contributed by atoms with E-state index in [0.717, 1.165) is 31.8 Å². The molecule has 0 aliphatic carbocycles. The number of imidazole rings is 1. The van der Waals surface area contributed by atoms with E-state index in [1.807, 2.05) is 11.5 Å². The normalized spacial score (nSPS) is 27.5. The first-order chi connectivity index (χ1) is 9.99. The molecule has 0 bridgehead atoms. The third kappa shape index (κ3) is 2.53. The molecular weight excluding hydrogens is 271 g/mol. The van der Waals surface area contributed by atoms with E-state index in [9.17, 15) is 0 Å². The molecule has 0 aromatic carbocycles. The highest BCUT2D eigenvalue weighted by atomic mass is 19.1. The van der Waals surface area contributed by atoms with Gasteiger partial charge in [0.25, 0.3) is 5.79 Å². The number of likely N-dealkylation sites (tertiary alicyclic amines) is 1. The van der Waals surface area contributed by atoms with Gasteiger partial charge < -0.3 is 20.5 Å². The van der Waals surface area contributed by atoms with Crippen molar-refractivity contribution in [3.8, 4) is 0 Å². The molecular formula is C14H21FN6. The number of aromatic nitrogens is 2. The molecule has 1 saturated heterocycles. The molecule has 21 heavy (non-hydrogen) atoms. The van der Waals surface area contributed by atoms with Gasteiger partial charge in [-0.15, -0.1) is 0 Å². The molecule has 1 atom stereocenters. The molecule has 3 N–H and O–H groups in total. The second-order valence-corrected chi connectivity index (χ2v) is 5.74. The Hall–Kier alpha value is -1.89. The highest BCUT2D eigenvalue weighted by molar-refractivity contribution is 5.80. The van der Waals surface area contributed by atoms with Crippen molar-refractivity contribution in [3.05, 3.63) is 30.0 Å². The van der Waals surface area contributed by atoms with E-state index in [0.29, 0.717) is 5.69 Å². The van der Waals surface area contributed by atoms with Crippen LogP contribution in [0.5, 0.6) is 0 Å². The van der Waals surface area contributed by atoms with Crippen molar-refractivity contribution < 1.29 is 4.39 Å². The third-order valence-electron chi connectivity index (χ3n) is 4.21. The number of alkyl halides is 1. The predicted molar refractivity (Wildman–Crippen MR) is 79.4 cm³/mol. The Morgan fingerprint density at radius 3 is 2.81 bits per heavy atom. The number of aryl methyl sites for hydroxylation is 1. The van der Waals surface area contributed by atoms with Gasteiger partial charge >= 0.3 is 0 Å². The van der Waals surface area contributed by atoms with Crippen molar-refractivity contribution in [1.82, 2.24) is 19.8 Å². The van der Waals surface area contributed by atoms with Gasteiger partial charge in [-0.05, 0) is 46.0 Å². The number of aliphatic imine (C=N–C) groups is 1. The zero-order valence-corrected chi connectivity index (χ0v) is 12.4. The zero-order chi connectivity index (χ0) is 15.0. The average molecular weight is 292 g/mol. The molecule has 1 aromatic heterocycles. The second kappa shape index (κ2) is 5.14. The molecule has 0 radical (unpaired) electrons. The van der Waals surface area contributed by atoms with Gasteiger partial charge in [0, 0.05) is 12.2 Å². The number of nitrogens with two attached hydrogens (primary N) is 1. The first kappa shape index (κ1) is 14.1. The molecule has 3 heterocycles. The summed E-state index contributed by atoms with van der Waals surface area (Å²) < 4.78 is 17.2. The van der Waals surface area contributed by atoms with E-state index >= 15 is 4.39 Å². The number of halogens is 1. The first-order valence-electron chi connectivity index (χ1n) is 7.21. The fraction of sp³-hybridized carbons (Fsp3) is 0.571. The Balaban J connectivity index is 1.97. The SMILES string of the molecule is Cc1ncc(C2(F)C=CNC(N)=N2)n1C1CCN(C)CC1. The number of guanidine groups is 1. The van der Waals surface area contributed by atoms with Crippen LogP contribution < -0.4 is 11.1 Å². The molecule has 0 spiro atoms. The summed E-state index contributed by atoms with van der Waals surface area (Å²) in [5.41, 5.74) is 6.07. The number of nitrogens with zero attached hydrogens (tertiary/aromatic N) is 4. The molecule has 2 aliphatic heterocycles. The minimum absolute atomic E-state index is 0.0776. The van der Waals surface area contributed by atoms with Gasteiger partial charge in [-0.3, -0.25) is 0 Å². The fourth-order valence-corrected chi connectivity index (χ4v) is 3.05. The van der Waals surface area contributed by atoms with Gasteiger partial charge in [-0.2, -0.15) is 0 Å². The van der Waals surface area contributed by atoms with Crippen molar-refractivity contribution in [2.24, 2.45) is 10.7 Å². The maximum atomic E-state index is 15.2. The largest absolute Gasteiger partial charge is 0.370 e. The summed E-state index contributed by atoms with van der Waals surface area (Å²) in [5, 5.41) is 2.69. The molecule has 0 saturated carbocycles. The smallest absolute Gasteiger partial charge is 0.265 e. The van der Waals surface area contributed by atoms with Gasteiger partial charge in [-0.1, -0.05) is 0 Å². The molecule has 7 heteroatoms. The quantitative estimate of drug-likeness (QED) is 0.798. The number of rotatable bonds is 2. The van der Waals surface area contributed by atoms with Gasteiger partial charge in [0.2, 0.25) is 0 Å². The van der Waals surface area contributed by atoms with Crippen LogP contribution in [0, 0.1) is 6.92 Å². The van der Waals surface area contributed by atoms with E-state index in [1.54, 1.807) is 6.20 Å². The zero-order valence-electron chi connectivity index (χ0n) is 12.4. The molecule has 1 unspecified atom stereocenters. The van der Waals surface area contributed by atoms with Crippen molar-refractivity contribution in [3.63, 3.8) is 0 Å². The summed E-state index contributed by atoms with van der Waals surface area (Å²) in [6, 6.07) is 0.256. The van der Waals surface area contributed by atoms with Gasteiger partial charge in [-0.25, -0.2) is 14.4 Å². The van der Waals surface area contributed by atoms with Crippen LogP contribution in [-0.2, 0) is 5.79 Å². The van der Waals surface area contributed by atoms with Gasteiger partial charge in [0.1, 0.15) is 11.5 Å². The van der Waals surface area contributed by atoms with Crippen molar-refractivity contribution in [1.29, 1.82) is 0 Å². The summed E-state index contributed by atoms with van der Waals surface area (Å²) in [6.45, 7) is 3.91. The van der Waals surface area contributed by atoms with Crippen LogP contribution in [0.25, 0.3) is 0 Å². The Labute approximate surface area is 123 Å². The predicted octanol–water partition coefficient (Wildman–Crippen LogP) is 1.01. The topological polar surface area (TPSA) is 71.5 Å². The maximum absolute atomic E-state index is 15.2.